The summed E-state index contributed by atoms with van der Waals surface area (Å²) in [5.74, 6) is -1.08. The molecule has 3 heterocycles. The third kappa shape index (κ3) is 4.51. The highest BCUT2D eigenvalue weighted by Gasteiger charge is 2.30. The Balaban J connectivity index is 1.52. The zero-order valence-electron chi connectivity index (χ0n) is 19.4. The molecule has 4 aromatic rings. The van der Waals surface area contributed by atoms with Crippen LogP contribution in [0.4, 0.5) is 4.39 Å². The number of halogens is 1. The van der Waals surface area contributed by atoms with Gasteiger partial charge in [-0.2, -0.15) is 5.10 Å². The van der Waals surface area contributed by atoms with Gasteiger partial charge in [-0.25, -0.2) is 13.9 Å². The molecule has 0 N–H and O–H groups in total. The first kappa shape index (κ1) is 22.7. The number of hydrogen-bond acceptors (Lipinski definition) is 5. The van der Waals surface area contributed by atoms with Crippen LogP contribution in [0.3, 0.4) is 0 Å². The Labute approximate surface area is 202 Å². The highest BCUT2D eigenvalue weighted by atomic mass is 19.1. The summed E-state index contributed by atoms with van der Waals surface area (Å²) in [7, 11) is 0. The van der Waals surface area contributed by atoms with Crippen LogP contribution >= 0.6 is 0 Å². The molecule has 1 fully saturated rings. The lowest BCUT2D eigenvalue weighted by Gasteiger charge is -2.30. The maximum absolute atomic E-state index is 14.8. The summed E-state index contributed by atoms with van der Waals surface area (Å²) in [6, 6.07) is 19.4. The van der Waals surface area contributed by atoms with Gasteiger partial charge in [-0.1, -0.05) is 42.5 Å². The number of ether oxygens (including phenoxy) is 1. The number of piperidine rings is 1. The summed E-state index contributed by atoms with van der Waals surface area (Å²) in [5, 5.41) is 4.67. The Morgan fingerprint density at radius 1 is 1.03 bits per heavy atom. The molecule has 2 aromatic heterocycles. The molecule has 178 valence electrons. The molecule has 0 saturated carbocycles. The van der Waals surface area contributed by atoms with Crippen LogP contribution in [-0.4, -0.2) is 51.1 Å². The van der Waals surface area contributed by atoms with E-state index in [0.29, 0.717) is 55.1 Å². The van der Waals surface area contributed by atoms with E-state index in [0.717, 1.165) is 5.56 Å². The molecule has 35 heavy (non-hydrogen) atoms. The highest BCUT2D eigenvalue weighted by molar-refractivity contribution is 5.94. The van der Waals surface area contributed by atoms with E-state index in [2.05, 4.69) is 10.1 Å². The Hall–Kier alpha value is -4.07. The molecule has 1 amide bonds. The van der Waals surface area contributed by atoms with E-state index in [1.54, 1.807) is 46.7 Å². The van der Waals surface area contributed by atoms with Crippen LogP contribution in [-0.2, 0) is 9.53 Å². The molecule has 2 aromatic carbocycles. The van der Waals surface area contributed by atoms with E-state index in [-0.39, 0.29) is 23.5 Å². The first-order valence-electron chi connectivity index (χ1n) is 11.7. The lowest BCUT2D eigenvalue weighted by Crippen LogP contribution is -2.41. The standard InChI is InChI=1S/C27H25FN4O3/c1-2-35-27(34)19-12-14-31(15-13-19)26(33)23-16-24(20-10-6-7-11-21(20)28)32-25(29-23)17-22(30-32)18-8-4-3-5-9-18/h3-11,16-17,19H,2,12-15H2,1H3. The maximum Gasteiger partial charge on any atom is 0.309 e. The van der Waals surface area contributed by atoms with Crippen molar-refractivity contribution in [2.45, 2.75) is 19.8 Å². The van der Waals surface area contributed by atoms with Gasteiger partial charge < -0.3 is 9.64 Å². The minimum absolute atomic E-state index is 0.202. The molecule has 0 spiro atoms. The highest BCUT2D eigenvalue weighted by Crippen LogP contribution is 2.28. The van der Waals surface area contributed by atoms with Gasteiger partial charge in [0.05, 0.1) is 23.9 Å². The summed E-state index contributed by atoms with van der Waals surface area (Å²) in [4.78, 5) is 31.8. The molecule has 1 saturated heterocycles. The van der Waals surface area contributed by atoms with Gasteiger partial charge in [0.15, 0.2) is 5.65 Å². The molecular weight excluding hydrogens is 447 g/mol. The number of hydrogen-bond donors (Lipinski definition) is 0. The van der Waals surface area contributed by atoms with E-state index < -0.39 is 5.82 Å². The van der Waals surface area contributed by atoms with Gasteiger partial charge in [0.2, 0.25) is 0 Å². The van der Waals surface area contributed by atoms with Crippen LogP contribution in [0.15, 0.2) is 66.7 Å². The topological polar surface area (TPSA) is 76.8 Å². The Morgan fingerprint density at radius 2 is 1.74 bits per heavy atom. The second kappa shape index (κ2) is 9.66. The summed E-state index contributed by atoms with van der Waals surface area (Å²) in [6.45, 7) is 2.99. The van der Waals surface area contributed by atoms with Crippen molar-refractivity contribution in [1.82, 2.24) is 19.5 Å². The van der Waals surface area contributed by atoms with Crippen LogP contribution in [0, 0.1) is 11.7 Å². The average Bonchev–Trinajstić information content (AvgIpc) is 3.33. The Kier molecular flexibility index (Phi) is 6.27. The van der Waals surface area contributed by atoms with Crippen LogP contribution in [0.25, 0.3) is 28.2 Å². The molecule has 0 unspecified atom stereocenters. The summed E-state index contributed by atoms with van der Waals surface area (Å²) < 4.78 is 21.5. The fourth-order valence-corrected chi connectivity index (χ4v) is 4.44. The van der Waals surface area contributed by atoms with Crippen molar-refractivity contribution in [2.24, 2.45) is 5.92 Å². The second-order valence-corrected chi connectivity index (χ2v) is 8.49. The van der Waals surface area contributed by atoms with Crippen LogP contribution < -0.4 is 0 Å². The van der Waals surface area contributed by atoms with E-state index >= 15 is 0 Å². The number of amides is 1. The normalized spacial score (nSPS) is 14.3. The van der Waals surface area contributed by atoms with Gasteiger partial charge in [0.1, 0.15) is 11.5 Å². The maximum atomic E-state index is 14.8. The Bertz CT molecular complexity index is 1380. The number of benzene rings is 2. The third-order valence-electron chi connectivity index (χ3n) is 6.27. The van der Waals surface area contributed by atoms with Crippen molar-refractivity contribution in [1.29, 1.82) is 0 Å². The zero-order valence-corrected chi connectivity index (χ0v) is 19.4. The van der Waals surface area contributed by atoms with Crippen molar-refractivity contribution in [3.63, 3.8) is 0 Å². The molecule has 8 heteroatoms. The first-order valence-corrected chi connectivity index (χ1v) is 11.7. The van der Waals surface area contributed by atoms with Gasteiger partial charge >= 0.3 is 5.97 Å². The van der Waals surface area contributed by atoms with Crippen molar-refractivity contribution in [3.8, 4) is 22.5 Å². The molecule has 7 nitrogen and oxygen atoms in total. The minimum Gasteiger partial charge on any atom is -0.466 e. The van der Waals surface area contributed by atoms with Crippen molar-refractivity contribution >= 4 is 17.5 Å². The first-order chi connectivity index (χ1) is 17.0. The van der Waals surface area contributed by atoms with Gasteiger partial charge in [-0.15, -0.1) is 0 Å². The number of carbonyl (C=O) groups excluding carboxylic acids is 2. The van der Waals surface area contributed by atoms with Gasteiger partial charge in [0, 0.05) is 30.3 Å². The predicted molar refractivity (Wildman–Crippen MR) is 129 cm³/mol. The molecule has 1 aliphatic heterocycles. The lowest BCUT2D eigenvalue weighted by atomic mass is 9.96. The molecule has 5 rings (SSSR count). The van der Waals surface area contributed by atoms with Gasteiger partial charge in [-0.05, 0) is 38.0 Å². The van der Waals surface area contributed by atoms with Crippen LogP contribution in [0.1, 0.15) is 30.3 Å². The quantitative estimate of drug-likeness (QED) is 0.396. The van der Waals surface area contributed by atoms with E-state index in [1.807, 2.05) is 30.3 Å². The number of carbonyl (C=O) groups is 2. The molecule has 0 atom stereocenters. The number of esters is 1. The number of fused-ring (bicyclic) bond motifs is 1. The van der Waals surface area contributed by atoms with E-state index in [1.165, 1.54) is 6.07 Å². The molecule has 0 bridgehead atoms. The SMILES string of the molecule is CCOC(=O)C1CCN(C(=O)c2cc(-c3ccccc3F)n3nc(-c4ccccc4)cc3n2)CC1. The largest absolute Gasteiger partial charge is 0.466 e. The minimum atomic E-state index is -0.412. The Morgan fingerprint density at radius 3 is 2.46 bits per heavy atom. The zero-order chi connectivity index (χ0) is 24.4. The molecule has 0 radical (unpaired) electrons. The summed E-state index contributed by atoms with van der Waals surface area (Å²) in [5.41, 5.74) is 3.01. The predicted octanol–water partition coefficient (Wildman–Crippen LogP) is 4.62. The summed E-state index contributed by atoms with van der Waals surface area (Å²) in [6.07, 6.45) is 1.08. The number of nitrogens with zero attached hydrogens (tertiary/aromatic N) is 4. The van der Waals surface area contributed by atoms with Crippen LogP contribution in [0.5, 0.6) is 0 Å². The van der Waals surface area contributed by atoms with Gasteiger partial charge in [0.25, 0.3) is 5.91 Å². The fraction of sp³-hybridized carbons (Fsp3) is 0.259. The van der Waals surface area contributed by atoms with Crippen molar-refractivity contribution < 1.29 is 18.7 Å². The number of likely N-dealkylation sites (tertiary alicyclic amines) is 1. The van der Waals surface area contributed by atoms with Crippen molar-refractivity contribution in [3.05, 3.63) is 78.2 Å². The van der Waals surface area contributed by atoms with Gasteiger partial charge in [-0.3, -0.25) is 9.59 Å². The van der Waals surface area contributed by atoms with E-state index in [9.17, 15) is 14.0 Å². The average molecular weight is 473 g/mol. The lowest BCUT2D eigenvalue weighted by molar-refractivity contribution is -0.149. The molecule has 1 aliphatic rings. The molecule has 0 aliphatic carbocycles. The van der Waals surface area contributed by atoms with Crippen molar-refractivity contribution in [2.75, 3.05) is 19.7 Å². The monoisotopic (exact) mass is 472 g/mol. The molecular formula is C27H25FN4O3. The number of aromatic nitrogens is 3. The third-order valence-corrected chi connectivity index (χ3v) is 6.27. The second-order valence-electron chi connectivity index (χ2n) is 8.49. The van der Waals surface area contributed by atoms with E-state index in [4.69, 9.17) is 4.74 Å². The van der Waals surface area contributed by atoms with Crippen LogP contribution in [0.2, 0.25) is 0 Å². The fourth-order valence-electron chi connectivity index (χ4n) is 4.44. The summed E-state index contributed by atoms with van der Waals surface area (Å²) >= 11 is 0. The smallest absolute Gasteiger partial charge is 0.309 e. The number of rotatable bonds is 5.